The lowest BCUT2D eigenvalue weighted by molar-refractivity contribution is 0.990. The standard InChI is InChI=1S/C21H18N2/c1-2-17-10-6-7-13-19(17)23-16-22(18-11-4-3-5-12-18)20-14-8-9-15-21(20)23/h2-15H,1,16H2. The van der Waals surface area contributed by atoms with E-state index in [1.54, 1.807) is 0 Å². The molecule has 1 aliphatic heterocycles. The molecule has 4 rings (SSSR count). The molecule has 112 valence electrons. The Balaban J connectivity index is 1.84. The molecule has 0 spiro atoms. The van der Waals surface area contributed by atoms with Crippen LogP contribution in [0, 0.1) is 0 Å². The molecule has 2 nitrogen and oxygen atoms in total. The van der Waals surface area contributed by atoms with Crippen molar-refractivity contribution in [1.82, 2.24) is 0 Å². The molecule has 0 fully saturated rings. The van der Waals surface area contributed by atoms with E-state index in [9.17, 15) is 0 Å². The number of benzene rings is 3. The second-order valence-electron chi connectivity index (χ2n) is 5.58. The van der Waals surface area contributed by atoms with Crippen LogP contribution in [0.3, 0.4) is 0 Å². The van der Waals surface area contributed by atoms with Crippen LogP contribution in [-0.4, -0.2) is 6.67 Å². The Bertz CT molecular complexity index is 839. The van der Waals surface area contributed by atoms with Crippen LogP contribution in [0.15, 0.2) is 85.4 Å². The Morgan fingerprint density at radius 2 is 1.22 bits per heavy atom. The van der Waals surface area contributed by atoms with Crippen molar-refractivity contribution in [2.45, 2.75) is 0 Å². The normalized spacial score (nSPS) is 13.0. The number of para-hydroxylation sites is 4. The monoisotopic (exact) mass is 298 g/mol. The zero-order valence-corrected chi connectivity index (χ0v) is 12.9. The van der Waals surface area contributed by atoms with Gasteiger partial charge in [-0.05, 0) is 35.9 Å². The lowest BCUT2D eigenvalue weighted by Crippen LogP contribution is -2.24. The molecule has 2 heteroatoms. The first-order valence-corrected chi connectivity index (χ1v) is 7.79. The lowest BCUT2D eigenvalue weighted by Gasteiger charge is -2.23. The average Bonchev–Trinajstić information content (AvgIpc) is 3.02. The van der Waals surface area contributed by atoms with Gasteiger partial charge in [-0.1, -0.05) is 61.2 Å². The summed E-state index contributed by atoms with van der Waals surface area (Å²) in [5.74, 6) is 0. The molecule has 0 bridgehead atoms. The van der Waals surface area contributed by atoms with E-state index in [2.05, 4.69) is 95.2 Å². The summed E-state index contributed by atoms with van der Waals surface area (Å²) in [5, 5.41) is 0. The zero-order chi connectivity index (χ0) is 15.6. The van der Waals surface area contributed by atoms with Crippen LogP contribution < -0.4 is 9.80 Å². The molecular formula is C21H18N2. The Morgan fingerprint density at radius 1 is 0.652 bits per heavy atom. The van der Waals surface area contributed by atoms with Gasteiger partial charge in [0.15, 0.2) is 0 Å². The van der Waals surface area contributed by atoms with Crippen molar-refractivity contribution in [1.29, 1.82) is 0 Å². The summed E-state index contributed by atoms with van der Waals surface area (Å²) in [6, 6.07) is 27.5. The molecule has 0 unspecified atom stereocenters. The molecule has 0 saturated carbocycles. The third kappa shape index (κ3) is 2.29. The Labute approximate surface area is 136 Å². The number of anilines is 4. The van der Waals surface area contributed by atoms with Crippen LogP contribution in [0.4, 0.5) is 22.7 Å². The first-order valence-electron chi connectivity index (χ1n) is 7.79. The highest BCUT2D eigenvalue weighted by Crippen LogP contribution is 2.44. The Hall–Kier alpha value is -3.00. The molecule has 0 amide bonds. The van der Waals surface area contributed by atoms with Crippen LogP contribution in [0.2, 0.25) is 0 Å². The highest BCUT2D eigenvalue weighted by Gasteiger charge is 2.28. The smallest absolute Gasteiger partial charge is 0.100 e. The van der Waals surface area contributed by atoms with E-state index in [0.29, 0.717) is 0 Å². The largest absolute Gasteiger partial charge is 0.321 e. The maximum atomic E-state index is 3.96. The third-order valence-electron chi connectivity index (χ3n) is 4.26. The quantitative estimate of drug-likeness (QED) is 0.623. The van der Waals surface area contributed by atoms with E-state index in [1.165, 1.54) is 22.7 Å². The van der Waals surface area contributed by atoms with Gasteiger partial charge >= 0.3 is 0 Å². The van der Waals surface area contributed by atoms with Gasteiger partial charge < -0.3 is 9.80 Å². The highest BCUT2D eigenvalue weighted by atomic mass is 15.4. The molecule has 1 aliphatic rings. The van der Waals surface area contributed by atoms with Crippen molar-refractivity contribution in [3.63, 3.8) is 0 Å². The molecule has 0 N–H and O–H groups in total. The van der Waals surface area contributed by atoms with Crippen molar-refractivity contribution in [2.24, 2.45) is 0 Å². The van der Waals surface area contributed by atoms with Crippen LogP contribution in [0.5, 0.6) is 0 Å². The molecule has 23 heavy (non-hydrogen) atoms. The number of fused-ring (bicyclic) bond motifs is 1. The van der Waals surface area contributed by atoms with E-state index >= 15 is 0 Å². The van der Waals surface area contributed by atoms with E-state index in [0.717, 1.165) is 12.2 Å². The molecule has 0 saturated heterocycles. The highest BCUT2D eigenvalue weighted by molar-refractivity contribution is 5.88. The van der Waals surface area contributed by atoms with Gasteiger partial charge in [0.2, 0.25) is 0 Å². The van der Waals surface area contributed by atoms with Gasteiger partial charge in [0, 0.05) is 5.69 Å². The van der Waals surface area contributed by atoms with Gasteiger partial charge in [-0.3, -0.25) is 0 Å². The SMILES string of the molecule is C=Cc1ccccc1N1CN(c2ccccc2)c2ccccc21. The number of hydrogen-bond acceptors (Lipinski definition) is 2. The maximum absolute atomic E-state index is 3.96. The molecule has 3 aromatic rings. The van der Waals surface area contributed by atoms with Crippen LogP contribution in [-0.2, 0) is 0 Å². The van der Waals surface area contributed by atoms with Crippen molar-refractivity contribution in [2.75, 3.05) is 16.5 Å². The Morgan fingerprint density at radius 3 is 1.91 bits per heavy atom. The van der Waals surface area contributed by atoms with Gasteiger partial charge in [-0.2, -0.15) is 0 Å². The summed E-state index contributed by atoms with van der Waals surface area (Å²) in [7, 11) is 0. The minimum Gasteiger partial charge on any atom is -0.321 e. The third-order valence-corrected chi connectivity index (χ3v) is 4.26. The molecule has 0 aromatic heterocycles. The van der Waals surface area contributed by atoms with E-state index in [4.69, 9.17) is 0 Å². The van der Waals surface area contributed by atoms with E-state index < -0.39 is 0 Å². The van der Waals surface area contributed by atoms with Gasteiger partial charge in [-0.15, -0.1) is 0 Å². The first-order chi connectivity index (χ1) is 11.4. The summed E-state index contributed by atoms with van der Waals surface area (Å²) in [5.41, 5.74) is 6.01. The molecule has 0 aliphatic carbocycles. The van der Waals surface area contributed by atoms with Crippen molar-refractivity contribution in [3.05, 3.63) is 91.0 Å². The lowest BCUT2D eigenvalue weighted by atomic mass is 10.1. The molecule has 0 radical (unpaired) electrons. The fraction of sp³-hybridized carbons (Fsp3) is 0.0476. The van der Waals surface area contributed by atoms with Crippen molar-refractivity contribution in [3.8, 4) is 0 Å². The Kier molecular flexibility index (Phi) is 3.35. The topological polar surface area (TPSA) is 6.48 Å². The average molecular weight is 298 g/mol. The van der Waals surface area contributed by atoms with Gasteiger partial charge in [0.1, 0.15) is 6.67 Å². The minimum atomic E-state index is 0.800. The molecule has 0 atom stereocenters. The fourth-order valence-corrected chi connectivity index (χ4v) is 3.16. The predicted molar refractivity (Wildman–Crippen MR) is 98.6 cm³/mol. The molecule has 3 aromatic carbocycles. The fourth-order valence-electron chi connectivity index (χ4n) is 3.16. The van der Waals surface area contributed by atoms with Crippen LogP contribution in [0.25, 0.3) is 6.08 Å². The van der Waals surface area contributed by atoms with Gasteiger partial charge in [-0.25, -0.2) is 0 Å². The molecule has 1 heterocycles. The summed E-state index contributed by atoms with van der Waals surface area (Å²) >= 11 is 0. The summed E-state index contributed by atoms with van der Waals surface area (Å²) in [6.07, 6.45) is 1.92. The predicted octanol–water partition coefficient (Wildman–Crippen LogP) is 5.58. The maximum Gasteiger partial charge on any atom is 0.100 e. The number of rotatable bonds is 3. The first kappa shape index (κ1) is 13.6. The van der Waals surface area contributed by atoms with Gasteiger partial charge in [0.05, 0.1) is 17.1 Å². The zero-order valence-electron chi connectivity index (χ0n) is 12.9. The second-order valence-corrected chi connectivity index (χ2v) is 5.58. The van der Waals surface area contributed by atoms with Crippen molar-refractivity contribution >= 4 is 28.8 Å². The van der Waals surface area contributed by atoms with Crippen molar-refractivity contribution < 1.29 is 0 Å². The van der Waals surface area contributed by atoms with Gasteiger partial charge in [0.25, 0.3) is 0 Å². The van der Waals surface area contributed by atoms with Crippen LogP contribution in [0.1, 0.15) is 5.56 Å². The summed E-state index contributed by atoms with van der Waals surface area (Å²) in [6.45, 7) is 4.76. The number of nitrogens with zero attached hydrogens (tertiary/aromatic N) is 2. The summed E-state index contributed by atoms with van der Waals surface area (Å²) in [4.78, 5) is 4.69. The number of hydrogen-bond donors (Lipinski definition) is 0. The minimum absolute atomic E-state index is 0.800. The summed E-state index contributed by atoms with van der Waals surface area (Å²) < 4.78 is 0. The second kappa shape index (κ2) is 5.65. The molecular weight excluding hydrogens is 280 g/mol. The van der Waals surface area contributed by atoms with E-state index in [-0.39, 0.29) is 0 Å². The van der Waals surface area contributed by atoms with Crippen LogP contribution >= 0.6 is 0 Å². The van der Waals surface area contributed by atoms with E-state index in [1.807, 2.05) is 6.08 Å².